The molecule has 1 atom stereocenters. The van der Waals surface area contributed by atoms with Crippen LogP contribution in [0.2, 0.25) is 0 Å². The first-order valence-electron chi connectivity index (χ1n) is 7.75. The molecule has 0 N–H and O–H groups in total. The molecule has 0 unspecified atom stereocenters. The topological polar surface area (TPSA) is 67.3 Å². The van der Waals surface area contributed by atoms with Gasteiger partial charge in [0.25, 0.3) is 0 Å². The lowest BCUT2D eigenvalue weighted by Crippen LogP contribution is -2.39. The van der Waals surface area contributed by atoms with E-state index in [2.05, 4.69) is 4.98 Å². The average Bonchev–Trinajstić information content (AvgIpc) is 2.82. The molecule has 23 heavy (non-hydrogen) atoms. The third-order valence-electron chi connectivity index (χ3n) is 3.73. The molecule has 0 aromatic carbocycles. The highest BCUT2D eigenvalue weighted by molar-refractivity contribution is 7.91. The number of nitrogens with zero attached hydrogens (tertiary/aromatic N) is 2. The van der Waals surface area contributed by atoms with Gasteiger partial charge in [0.1, 0.15) is 0 Å². The summed E-state index contributed by atoms with van der Waals surface area (Å²) in [5, 5.41) is 0. The zero-order valence-corrected chi connectivity index (χ0v) is 14.7. The van der Waals surface area contributed by atoms with Gasteiger partial charge in [0, 0.05) is 25.0 Å². The van der Waals surface area contributed by atoms with Crippen LogP contribution >= 0.6 is 0 Å². The van der Waals surface area contributed by atoms with E-state index < -0.39 is 9.84 Å². The summed E-state index contributed by atoms with van der Waals surface area (Å²) < 4.78 is 23.5. The second-order valence-corrected chi connectivity index (χ2v) is 9.31. The van der Waals surface area contributed by atoms with E-state index in [0.717, 1.165) is 5.56 Å². The minimum atomic E-state index is -3.04. The molecule has 1 aliphatic heterocycles. The molecular weight excluding hydrogens is 312 g/mol. The number of rotatable bonds is 4. The van der Waals surface area contributed by atoms with Crippen LogP contribution in [0, 0.1) is 5.41 Å². The van der Waals surface area contributed by atoms with Gasteiger partial charge in [0.05, 0.1) is 11.5 Å². The Morgan fingerprint density at radius 1 is 1.43 bits per heavy atom. The second-order valence-electron chi connectivity index (χ2n) is 7.08. The van der Waals surface area contributed by atoms with Crippen LogP contribution in [0.1, 0.15) is 32.8 Å². The number of carbonyl (C=O) groups excluding carboxylic acids is 1. The Balaban J connectivity index is 2.21. The molecule has 1 saturated heterocycles. The first-order valence-corrected chi connectivity index (χ1v) is 9.58. The molecule has 0 radical (unpaired) electrons. The number of carbonyl (C=O) groups is 1. The molecule has 0 saturated carbocycles. The standard InChI is InChI=1S/C17H24N2O3S/c1-17(2,3)8-6-16(20)19(12-14-5-4-9-18-11-14)15-7-10-23(21,22)13-15/h4-6,8-9,11,15H,7,10,12-13H2,1-3H3/b8-6-/t15-/m1/s1. The lowest BCUT2D eigenvalue weighted by molar-refractivity contribution is -0.128. The molecular formula is C17H24N2O3S. The number of allylic oxidation sites excluding steroid dienone is 1. The Morgan fingerprint density at radius 2 is 2.17 bits per heavy atom. The molecule has 1 aliphatic rings. The van der Waals surface area contributed by atoms with Crippen molar-refractivity contribution < 1.29 is 13.2 Å². The summed E-state index contributed by atoms with van der Waals surface area (Å²) >= 11 is 0. The zero-order chi connectivity index (χ0) is 17.1. The molecule has 2 rings (SSSR count). The largest absolute Gasteiger partial charge is 0.331 e. The van der Waals surface area contributed by atoms with Crippen molar-refractivity contribution in [3.8, 4) is 0 Å². The monoisotopic (exact) mass is 336 g/mol. The van der Waals surface area contributed by atoms with E-state index in [0.29, 0.717) is 13.0 Å². The lowest BCUT2D eigenvalue weighted by Gasteiger charge is -2.27. The van der Waals surface area contributed by atoms with Crippen molar-refractivity contribution in [1.29, 1.82) is 0 Å². The fourth-order valence-corrected chi connectivity index (χ4v) is 4.24. The van der Waals surface area contributed by atoms with Crippen LogP contribution in [0.3, 0.4) is 0 Å². The first kappa shape index (κ1) is 17.7. The van der Waals surface area contributed by atoms with Crippen molar-refractivity contribution in [3.05, 3.63) is 42.2 Å². The highest BCUT2D eigenvalue weighted by Gasteiger charge is 2.34. The molecule has 0 spiro atoms. The zero-order valence-electron chi connectivity index (χ0n) is 13.9. The number of hydrogen-bond acceptors (Lipinski definition) is 4. The summed E-state index contributed by atoms with van der Waals surface area (Å²) in [6.07, 6.45) is 7.29. The fraction of sp³-hybridized carbons (Fsp3) is 0.529. The van der Waals surface area contributed by atoms with E-state index in [1.165, 1.54) is 0 Å². The van der Waals surface area contributed by atoms with E-state index in [1.807, 2.05) is 39.0 Å². The van der Waals surface area contributed by atoms with E-state index in [-0.39, 0.29) is 28.9 Å². The van der Waals surface area contributed by atoms with Gasteiger partial charge in [-0.1, -0.05) is 32.9 Å². The van der Waals surface area contributed by atoms with Gasteiger partial charge in [-0.25, -0.2) is 8.42 Å². The maximum Gasteiger partial charge on any atom is 0.246 e. The number of hydrogen-bond donors (Lipinski definition) is 0. The quantitative estimate of drug-likeness (QED) is 0.791. The predicted octanol–water partition coefficient (Wildman–Crippen LogP) is 2.20. The van der Waals surface area contributed by atoms with Crippen LogP contribution in [0.25, 0.3) is 0 Å². The Labute approximate surface area is 138 Å². The van der Waals surface area contributed by atoms with Crippen molar-refractivity contribution >= 4 is 15.7 Å². The molecule has 6 heteroatoms. The summed E-state index contributed by atoms with van der Waals surface area (Å²) in [4.78, 5) is 18.3. The number of aromatic nitrogens is 1. The molecule has 1 fully saturated rings. The van der Waals surface area contributed by atoms with Gasteiger partial charge >= 0.3 is 0 Å². The number of amides is 1. The predicted molar refractivity (Wildman–Crippen MR) is 90.4 cm³/mol. The van der Waals surface area contributed by atoms with Crippen molar-refractivity contribution in [3.63, 3.8) is 0 Å². The molecule has 126 valence electrons. The van der Waals surface area contributed by atoms with Crippen LogP contribution in [0.5, 0.6) is 0 Å². The van der Waals surface area contributed by atoms with Gasteiger partial charge in [-0.3, -0.25) is 9.78 Å². The SMILES string of the molecule is CC(C)(C)/C=C\C(=O)N(Cc1cccnc1)[C@@H]1CCS(=O)(=O)C1. The summed E-state index contributed by atoms with van der Waals surface area (Å²) in [6.45, 7) is 6.42. The van der Waals surface area contributed by atoms with Gasteiger partial charge in [-0.2, -0.15) is 0 Å². The first-order chi connectivity index (χ1) is 10.7. The minimum absolute atomic E-state index is 0.0440. The van der Waals surface area contributed by atoms with Crippen LogP contribution < -0.4 is 0 Å². The Morgan fingerprint density at radius 3 is 2.70 bits per heavy atom. The average molecular weight is 336 g/mol. The third kappa shape index (κ3) is 5.46. The van der Waals surface area contributed by atoms with Crippen molar-refractivity contribution in [2.75, 3.05) is 11.5 Å². The van der Waals surface area contributed by atoms with Crippen molar-refractivity contribution in [2.45, 2.75) is 39.8 Å². The lowest BCUT2D eigenvalue weighted by atomic mass is 9.96. The molecule has 0 bridgehead atoms. The number of pyridine rings is 1. The van der Waals surface area contributed by atoms with Crippen molar-refractivity contribution in [2.24, 2.45) is 5.41 Å². The van der Waals surface area contributed by atoms with E-state index >= 15 is 0 Å². The van der Waals surface area contributed by atoms with Gasteiger partial charge in [-0.15, -0.1) is 0 Å². The fourth-order valence-electron chi connectivity index (χ4n) is 2.51. The summed E-state index contributed by atoms with van der Waals surface area (Å²) in [5.41, 5.74) is 0.798. The second kappa shape index (κ2) is 6.83. The third-order valence-corrected chi connectivity index (χ3v) is 5.48. The maximum atomic E-state index is 12.6. The highest BCUT2D eigenvalue weighted by Crippen LogP contribution is 2.21. The van der Waals surface area contributed by atoms with E-state index in [1.54, 1.807) is 23.4 Å². The van der Waals surface area contributed by atoms with Gasteiger partial charge in [0.15, 0.2) is 9.84 Å². The molecule has 1 aromatic rings. The summed E-state index contributed by atoms with van der Waals surface area (Å²) in [5.74, 6) is 0.0469. The Hall–Kier alpha value is -1.69. The van der Waals surface area contributed by atoms with Crippen LogP contribution in [0.15, 0.2) is 36.7 Å². The van der Waals surface area contributed by atoms with Crippen LogP contribution in [-0.4, -0.2) is 41.8 Å². The van der Waals surface area contributed by atoms with Gasteiger partial charge in [0.2, 0.25) is 5.91 Å². The molecule has 1 aromatic heterocycles. The smallest absolute Gasteiger partial charge is 0.246 e. The van der Waals surface area contributed by atoms with Crippen molar-refractivity contribution in [1.82, 2.24) is 9.88 Å². The van der Waals surface area contributed by atoms with Gasteiger partial charge in [-0.05, 0) is 29.5 Å². The van der Waals surface area contributed by atoms with Crippen LogP contribution in [0.4, 0.5) is 0 Å². The minimum Gasteiger partial charge on any atom is -0.331 e. The molecule has 2 heterocycles. The molecule has 5 nitrogen and oxygen atoms in total. The Kier molecular flexibility index (Phi) is 5.24. The molecule has 1 amide bonds. The normalized spacial score (nSPS) is 20.7. The maximum absolute atomic E-state index is 12.6. The van der Waals surface area contributed by atoms with Gasteiger partial charge < -0.3 is 4.90 Å². The van der Waals surface area contributed by atoms with E-state index in [4.69, 9.17) is 0 Å². The molecule has 0 aliphatic carbocycles. The van der Waals surface area contributed by atoms with Crippen LogP contribution in [-0.2, 0) is 21.2 Å². The van der Waals surface area contributed by atoms with E-state index in [9.17, 15) is 13.2 Å². The Bertz CT molecular complexity index is 676. The number of sulfone groups is 1. The summed E-state index contributed by atoms with van der Waals surface area (Å²) in [7, 11) is -3.04. The highest BCUT2D eigenvalue weighted by atomic mass is 32.2. The summed E-state index contributed by atoms with van der Waals surface area (Å²) in [6, 6.07) is 3.44.